The van der Waals surface area contributed by atoms with Crippen molar-refractivity contribution in [1.82, 2.24) is 4.57 Å². The third-order valence-electron chi connectivity index (χ3n) is 4.77. The molecule has 5 heteroatoms. The Labute approximate surface area is 138 Å². The Hall–Kier alpha value is -1.10. The second-order valence-corrected chi connectivity index (χ2v) is 12.5. The fourth-order valence-corrected chi connectivity index (χ4v) is 3.28. The van der Waals surface area contributed by atoms with Crippen molar-refractivity contribution in [2.45, 2.75) is 45.5 Å². The summed E-state index contributed by atoms with van der Waals surface area (Å²) in [6.07, 6.45) is 0.792. The van der Waals surface area contributed by atoms with Gasteiger partial charge in [-0.25, -0.2) is 0 Å². The predicted molar refractivity (Wildman–Crippen MR) is 95.3 cm³/mol. The number of nitrogens with zero attached hydrogens (tertiary/aromatic N) is 1. The molecule has 0 amide bonds. The topological polar surface area (TPSA) is 31.2 Å². The molecule has 0 aliphatic rings. The number of halogens is 1. The predicted octanol–water partition coefficient (Wildman–Crippen LogP) is 5.17. The smallest absolute Gasteiger partial charge is 0.192 e. The summed E-state index contributed by atoms with van der Waals surface area (Å²) in [5, 5.41) is 1.69. The highest BCUT2D eigenvalue weighted by Gasteiger charge is 2.37. The van der Waals surface area contributed by atoms with E-state index in [1.807, 2.05) is 19.2 Å². The van der Waals surface area contributed by atoms with E-state index >= 15 is 0 Å². The first-order chi connectivity index (χ1) is 10.1. The number of aryl methyl sites for hydroxylation is 1. The average molecular weight is 338 g/mol. The van der Waals surface area contributed by atoms with Gasteiger partial charge in [0.1, 0.15) is 0 Å². The summed E-state index contributed by atoms with van der Waals surface area (Å²) in [5.74, 6) is 0. The van der Waals surface area contributed by atoms with Crippen molar-refractivity contribution >= 4 is 37.1 Å². The third kappa shape index (κ3) is 3.14. The minimum atomic E-state index is -1.78. The first-order valence-corrected chi connectivity index (χ1v) is 10.7. The second-order valence-electron chi connectivity index (χ2n) is 7.29. The Morgan fingerprint density at radius 3 is 2.45 bits per heavy atom. The molecular formula is C17H24ClNO2Si. The molecule has 0 bridgehead atoms. The minimum absolute atomic E-state index is 0.186. The van der Waals surface area contributed by atoms with Crippen molar-refractivity contribution in [3.05, 3.63) is 34.5 Å². The van der Waals surface area contributed by atoms with Gasteiger partial charge in [-0.15, -0.1) is 0 Å². The normalized spacial score (nSPS) is 12.9. The number of hydrogen-bond acceptors (Lipinski definition) is 2. The van der Waals surface area contributed by atoms with Gasteiger partial charge in [-0.2, -0.15) is 0 Å². The highest BCUT2D eigenvalue weighted by Crippen LogP contribution is 2.37. The zero-order valence-electron chi connectivity index (χ0n) is 14.2. The highest BCUT2D eigenvalue weighted by atomic mass is 35.5. The van der Waals surface area contributed by atoms with Gasteiger partial charge in [-0.05, 0) is 36.3 Å². The Morgan fingerprint density at radius 2 is 1.91 bits per heavy atom. The molecule has 0 fully saturated rings. The van der Waals surface area contributed by atoms with Crippen LogP contribution in [0.4, 0.5) is 0 Å². The SMILES string of the molecule is Cn1c(CO[Si](C)(C)C(C)(C)C)cc2cc(C=O)c(Cl)cc21. The lowest BCUT2D eigenvalue weighted by atomic mass is 10.2. The van der Waals surface area contributed by atoms with Gasteiger partial charge in [0, 0.05) is 29.2 Å². The molecule has 0 spiro atoms. The van der Waals surface area contributed by atoms with Gasteiger partial charge in [0.25, 0.3) is 0 Å². The molecule has 1 aromatic carbocycles. The van der Waals surface area contributed by atoms with Gasteiger partial charge < -0.3 is 8.99 Å². The van der Waals surface area contributed by atoms with Crippen LogP contribution in [-0.4, -0.2) is 19.2 Å². The summed E-state index contributed by atoms with van der Waals surface area (Å²) in [5.41, 5.74) is 2.64. The lowest BCUT2D eigenvalue weighted by Gasteiger charge is -2.36. The van der Waals surface area contributed by atoms with Crippen molar-refractivity contribution in [3.8, 4) is 0 Å². The maximum absolute atomic E-state index is 11.0. The molecule has 0 N–H and O–H groups in total. The van der Waals surface area contributed by atoms with Crippen molar-refractivity contribution in [3.63, 3.8) is 0 Å². The van der Waals surface area contributed by atoms with Gasteiger partial charge in [-0.3, -0.25) is 4.79 Å². The summed E-state index contributed by atoms with van der Waals surface area (Å²) in [6, 6.07) is 5.75. The largest absolute Gasteiger partial charge is 0.411 e. The Morgan fingerprint density at radius 1 is 1.27 bits per heavy atom. The van der Waals surface area contributed by atoms with Crippen LogP contribution in [0.25, 0.3) is 10.9 Å². The molecule has 22 heavy (non-hydrogen) atoms. The molecule has 2 aromatic rings. The fraction of sp³-hybridized carbons (Fsp3) is 0.471. The lowest BCUT2D eigenvalue weighted by molar-refractivity contribution is 0.112. The number of rotatable bonds is 4. The molecule has 1 aromatic heterocycles. The van der Waals surface area contributed by atoms with E-state index in [1.165, 1.54) is 0 Å². The van der Waals surface area contributed by atoms with Gasteiger partial charge in [0.05, 0.1) is 11.6 Å². The number of carbonyl (C=O) groups excluding carboxylic acids is 1. The summed E-state index contributed by atoms with van der Waals surface area (Å²) in [6.45, 7) is 11.8. The zero-order chi connectivity index (χ0) is 16.7. The number of fused-ring (bicyclic) bond motifs is 1. The summed E-state index contributed by atoms with van der Waals surface area (Å²) in [4.78, 5) is 11.0. The third-order valence-corrected chi connectivity index (χ3v) is 9.58. The van der Waals surface area contributed by atoms with Crippen LogP contribution in [0.3, 0.4) is 0 Å². The van der Waals surface area contributed by atoms with Crippen LogP contribution in [0, 0.1) is 0 Å². The van der Waals surface area contributed by atoms with Crippen LogP contribution < -0.4 is 0 Å². The highest BCUT2D eigenvalue weighted by molar-refractivity contribution is 6.74. The number of carbonyl (C=O) groups is 1. The van der Waals surface area contributed by atoms with Gasteiger partial charge in [-0.1, -0.05) is 32.4 Å². The molecule has 120 valence electrons. The Bertz CT molecular complexity index is 713. The van der Waals surface area contributed by atoms with E-state index in [4.69, 9.17) is 16.0 Å². The summed E-state index contributed by atoms with van der Waals surface area (Å²) >= 11 is 6.13. The number of aldehydes is 1. The monoisotopic (exact) mass is 337 g/mol. The van der Waals surface area contributed by atoms with E-state index < -0.39 is 8.32 Å². The molecule has 0 saturated heterocycles. The number of hydrogen-bond donors (Lipinski definition) is 0. The second kappa shape index (κ2) is 5.83. The van der Waals surface area contributed by atoms with Crippen molar-refractivity contribution < 1.29 is 9.22 Å². The van der Waals surface area contributed by atoms with Crippen LogP contribution in [0.15, 0.2) is 18.2 Å². The first kappa shape index (κ1) is 17.3. The van der Waals surface area contributed by atoms with Crippen molar-refractivity contribution in [2.75, 3.05) is 0 Å². The van der Waals surface area contributed by atoms with Crippen molar-refractivity contribution in [2.24, 2.45) is 7.05 Å². The van der Waals surface area contributed by atoms with Crippen molar-refractivity contribution in [1.29, 1.82) is 0 Å². The molecular weight excluding hydrogens is 314 g/mol. The zero-order valence-corrected chi connectivity index (χ0v) is 15.9. The maximum Gasteiger partial charge on any atom is 0.192 e. The maximum atomic E-state index is 11.0. The van der Waals surface area contributed by atoms with E-state index in [0.29, 0.717) is 17.2 Å². The lowest BCUT2D eigenvalue weighted by Crippen LogP contribution is -2.40. The first-order valence-electron chi connectivity index (χ1n) is 7.44. The van der Waals surface area contributed by atoms with E-state index in [-0.39, 0.29) is 5.04 Å². The average Bonchev–Trinajstić information content (AvgIpc) is 2.71. The Kier molecular flexibility index (Phi) is 4.58. The Balaban J connectivity index is 2.33. The molecule has 0 radical (unpaired) electrons. The quantitative estimate of drug-likeness (QED) is 0.569. The van der Waals surface area contributed by atoms with Crippen LogP contribution in [-0.2, 0) is 18.1 Å². The van der Waals surface area contributed by atoms with Crippen LogP contribution in [0.5, 0.6) is 0 Å². The van der Waals surface area contributed by atoms with E-state index in [2.05, 4.69) is 44.5 Å². The molecule has 0 atom stereocenters. The molecule has 0 aliphatic heterocycles. The van der Waals surface area contributed by atoms with E-state index in [9.17, 15) is 4.79 Å². The molecule has 2 rings (SSSR count). The minimum Gasteiger partial charge on any atom is -0.411 e. The molecule has 0 aliphatic carbocycles. The molecule has 0 unspecified atom stereocenters. The standard InChI is InChI=1S/C17H24ClNO2Si/c1-17(2,3)22(5,6)21-11-14-8-12-7-13(10-20)15(18)9-16(12)19(14)4/h7-10H,11H2,1-6H3. The van der Waals surface area contributed by atoms with E-state index in [1.54, 1.807) is 0 Å². The van der Waals surface area contributed by atoms with Gasteiger partial charge in [0.15, 0.2) is 14.6 Å². The summed E-state index contributed by atoms with van der Waals surface area (Å²) in [7, 11) is 0.220. The van der Waals surface area contributed by atoms with Crippen LogP contribution in [0.2, 0.25) is 23.2 Å². The molecule has 1 heterocycles. The number of aromatic nitrogens is 1. The fourth-order valence-electron chi connectivity index (χ4n) is 2.13. The van der Waals surface area contributed by atoms with Gasteiger partial charge in [0.2, 0.25) is 0 Å². The molecule has 3 nitrogen and oxygen atoms in total. The summed E-state index contributed by atoms with van der Waals surface area (Å²) < 4.78 is 8.38. The molecule has 0 saturated carbocycles. The van der Waals surface area contributed by atoms with Crippen LogP contribution >= 0.6 is 11.6 Å². The van der Waals surface area contributed by atoms with E-state index in [0.717, 1.165) is 22.9 Å². The van der Waals surface area contributed by atoms with Crippen LogP contribution in [0.1, 0.15) is 36.8 Å². The van der Waals surface area contributed by atoms with Gasteiger partial charge >= 0.3 is 0 Å². The number of benzene rings is 1.